The predicted molar refractivity (Wildman–Crippen MR) is 65.4 cm³/mol. The Balaban J connectivity index is 2.62. The highest BCUT2D eigenvalue weighted by atomic mass is 32.2. The monoisotopic (exact) mass is 250 g/mol. The van der Waals surface area contributed by atoms with Gasteiger partial charge < -0.3 is 4.90 Å². The molecule has 0 saturated heterocycles. The van der Waals surface area contributed by atoms with Crippen LogP contribution in [0.15, 0.2) is 17.4 Å². The average molecular weight is 250 g/mol. The Hall–Kier alpha value is -1.61. The molecule has 0 fully saturated rings. The van der Waals surface area contributed by atoms with E-state index in [2.05, 4.69) is 9.97 Å². The second-order valence-electron chi connectivity index (χ2n) is 3.18. The molecule has 1 aromatic rings. The van der Waals surface area contributed by atoms with Crippen LogP contribution >= 0.6 is 11.8 Å². The van der Waals surface area contributed by atoms with Gasteiger partial charge in [0.1, 0.15) is 11.1 Å². The summed E-state index contributed by atoms with van der Waals surface area (Å²) in [7, 11) is 0. The van der Waals surface area contributed by atoms with E-state index in [1.807, 2.05) is 19.9 Å². The van der Waals surface area contributed by atoms with Crippen LogP contribution in [0.5, 0.6) is 0 Å². The summed E-state index contributed by atoms with van der Waals surface area (Å²) < 4.78 is 0. The highest BCUT2D eigenvalue weighted by Crippen LogP contribution is 2.17. The number of amides is 1. The maximum atomic E-state index is 11.8. The quantitative estimate of drug-likeness (QED) is 0.737. The van der Waals surface area contributed by atoms with Gasteiger partial charge in [0, 0.05) is 25.5 Å². The maximum Gasteiger partial charge on any atom is 0.232 e. The number of carbonyl (C=O) groups is 1. The molecule has 0 atom stereocenters. The van der Waals surface area contributed by atoms with Gasteiger partial charge in [0.15, 0.2) is 5.69 Å². The lowest BCUT2D eigenvalue weighted by molar-refractivity contribution is -0.127. The second-order valence-corrected chi connectivity index (χ2v) is 4.14. The maximum absolute atomic E-state index is 11.8. The number of hydrogen-bond donors (Lipinski definition) is 0. The summed E-state index contributed by atoms with van der Waals surface area (Å²) in [6, 6.07) is 1.96. The third-order valence-electron chi connectivity index (χ3n) is 2.22. The first-order valence-electron chi connectivity index (χ1n) is 5.34. The fourth-order valence-corrected chi connectivity index (χ4v) is 2.12. The number of rotatable bonds is 5. The second kappa shape index (κ2) is 6.86. The molecule has 0 bridgehead atoms. The van der Waals surface area contributed by atoms with Crippen molar-refractivity contribution in [3.63, 3.8) is 0 Å². The predicted octanol–water partition coefficient (Wildman–Crippen LogP) is 1.31. The van der Waals surface area contributed by atoms with E-state index in [0.717, 1.165) is 0 Å². The lowest BCUT2D eigenvalue weighted by Gasteiger charge is -2.17. The van der Waals surface area contributed by atoms with E-state index in [1.54, 1.807) is 4.90 Å². The number of thioether (sulfide) groups is 1. The Morgan fingerprint density at radius 3 is 2.65 bits per heavy atom. The molecule has 17 heavy (non-hydrogen) atoms. The Bertz CT molecular complexity index is 426. The van der Waals surface area contributed by atoms with Crippen LogP contribution in [0.3, 0.4) is 0 Å². The van der Waals surface area contributed by atoms with Crippen LogP contribution in [-0.2, 0) is 4.79 Å². The molecule has 0 unspecified atom stereocenters. The molecule has 0 radical (unpaired) electrons. The third-order valence-corrected chi connectivity index (χ3v) is 3.18. The fraction of sp³-hybridized carbons (Fsp3) is 0.455. The zero-order valence-electron chi connectivity index (χ0n) is 9.88. The standard InChI is InChI=1S/C11H14N4OS/c1-3-15(4-2)10(16)8-17-11-9(7-12)13-5-6-14-11/h5-6H,3-4,8H2,1-2H3. The highest BCUT2D eigenvalue weighted by molar-refractivity contribution is 7.99. The van der Waals surface area contributed by atoms with Crippen molar-refractivity contribution < 1.29 is 4.79 Å². The zero-order valence-corrected chi connectivity index (χ0v) is 10.7. The molecule has 1 rings (SSSR count). The summed E-state index contributed by atoms with van der Waals surface area (Å²) >= 11 is 1.25. The molecule has 90 valence electrons. The molecule has 6 heteroatoms. The smallest absolute Gasteiger partial charge is 0.232 e. The fourth-order valence-electron chi connectivity index (χ4n) is 1.31. The topological polar surface area (TPSA) is 69.9 Å². The van der Waals surface area contributed by atoms with Gasteiger partial charge in [-0.05, 0) is 13.8 Å². The van der Waals surface area contributed by atoms with Gasteiger partial charge >= 0.3 is 0 Å². The molecule has 0 aliphatic heterocycles. The molecule has 1 amide bonds. The molecule has 0 N–H and O–H groups in total. The van der Waals surface area contributed by atoms with Gasteiger partial charge in [-0.3, -0.25) is 4.79 Å². The van der Waals surface area contributed by atoms with Gasteiger partial charge in [-0.25, -0.2) is 9.97 Å². The minimum absolute atomic E-state index is 0.0505. The van der Waals surface area contributed by atoms with Crippen LogP contribution in [0, 0.1) is 11.3 Å². The van der Waals surface area contributed by atoms with Crippen molar-refractivity contribution in [2.24, 2.45) is 0 Å². The van der Waals surface area contributed by atoms with Gasteiger partial charge in [-0.2, -0.15) is 5.26 Å². The number of nitriles is 1. The molecule has 0 aromatic carbocycles. The van der Waals surface area contributed by atoms with E-state index < -0.39 is 0 Å². The van der Waals surface area contributed by atoms with E-state index in [1.165, 1.54) is 24.2 Å². The normalized spacial score (nSPS) is 9.71. The van der Waals surface area contributed by atoms with Crippen LogP contribution in [-0.4, -0.2) is 39.6 Å². The SMILES string of the molecule is CCN(CC)C(=O)CSc1nccnc1C#N. The third kappa shape index (κ3) is 3.71. The summed E-state index contributed by atoms with van der Waals surface area (Å²) in [6.07, 6.45) is 2.99. The molecule has 0 spiro atoms. The minimum Gasteiger partial charge on any atom is -0.343 e. The first-order valence-corrected chi connectivity index (χ1v) is 6.33. The summed E-state index contributed by atoms with van der Waals surface area (Å²) in [4.78, 5) is 21.4. The van der Waals surface area contributed by atoms with Crippen LogP contribution in [0.1, 0.15) is 19.5 Å². The molecule has 1 heterocycles. The van der Waals surface area contributed by atoms with Gasteiger partial charge in [-0.1, -0.05) is 11.8 Å². The molecule has 0 aliphatic carbocycles. The first-order chi connectivity index (χ1) is 8.22. The Labute approximate surface area is 105 Å². The van der Waals surface area contributed by atoms with Crippen LogP contribution in [0.2, 0.25) is 0 Å². The van der Waals surface area contributed by atoms with Crippen LogP contribution < -0.4 is 0 Å². The summed E-state index contributed by atoms with van der Waals surface area (Å²) in [5, 5.41) is 9.33. The molecule has 1 aromatic heterocycles. The largest absolute Gasteiger partial charge is 0.343 e. The van der Waals surface area contributed by atoms with Crippen molar-refractivity contribution in [2.45, 2.75) is 18.9 Å². The van der Waals surface area contributed by atoms with Crippen molar-refractivity contribution in [2.75, 3.05) is 18.8 Å². The van der Waals surface area contributed by atoms with E-state index in [9.17, 15) is 4.79 Å². The van der Waals surface area contributed by atoms with Gasteiger partial charge in [-0.15, -0.1) is 0 Å². The lowest BCUT2D eigenvalue weighted by Crippen LogP contribution is -2.31. The van der Waals surface area contributed by atoms with Crippen molar-refractivity contribution in [1.82, 2.24) is 14.9 Å². The van der Waals surface area contributed by atoms with Gasteiger partial charge in [0.05, 0.1) is 5.75 Å². The zero-order chi connectivity index (χ0) is 12.7. The molecular weight excluding hydrogens is 236 g/mol. The highest BCUT2D eigenvalue weighted by Gasteiger charge is 2.12. The van der Waals surface area contributed by atoms with E-state index >= 15 is 0 Å². The van der Waals surface area contributed by atoms with Crippen LogP contribution in [0.4, 0.5) is 0 Å². The van der Waals surface area contributed by atoms with Crippen LogP contribution in [0.25, 0.3) is 0 Å². The van der Waals surface area contributed by atoms with Crippen molar-refractivity contribution >= 4 is 17.7 Å². The number of carbonyl (C=O) groups excluding carboxylic acids is 1. The number of nitrogens with zero attached hydrogens (tertiary/aromatic N) is 4. The Morgan fingerprint density at radius 1 is 1.41 bits per heavy atom. The van der Waals surface area contributed by atoms with E-state index in [0.29, 0.717) is 18.1 Å². The van der Waals surface area contributed by atoms with Gasteiger partial charge in [0.2, 0.25) is 5.91 Å². The van der Waals surface area contributed by atoms with Crippen molar-refractivity contribution in [1.29, 1.82) is 5.26 Å². The number of aromatic nitrogens is 2. The van der Waals surface area contributed by atoms with Crippen molar-refractivity contribution in [3.05, 3.63) is 18.1 Å². The summed E-state index contributed by atoms with van der Waals surface area (Å²) in [5.74, 6) is 0.337. The Morgan fingerprint density at radius 2 is 2.06 bits per heavy atom. The van der Waals surface area contributed by atoms with E-state index in [4.69, 9.17) is 5.26 Å². The summed E-state index contributed by atoms with van der Waals surface area (Å²) in [6.45, 7) is 5.27. The van der Waals surface area contributed by atoms with E-state index in [-0.39, 0.29) is 17.4 Å². The summed E-state index contributed by atoms with van der Waals surface area (Å²) in [5.41, 5.74) is 0.268. The molecule has 5 nitrogen and oxygen atoms in total. The molecule has 0 aliphatic rings. The molecule has 0 saturated carbocycles. The van der Waals surface area contributed by atoms with Crippen molar-refractivity contribution in [3.8, 4) is 6.07 Å². The van der Waals surface area contributed by atoms with Gasteiger partial charge in [0.25, 0.3) is 0 Å². The average Bonchev–Trinajstić information content (AvgIpc) is 2.38. The number of hydrogen-bond acceptors (Lipinski definition) is 5. The minimum atomic E-state index is 0.0505. The molecular formula is C11H14N4OS. The first kappa shape index (κ1) is 13.5. The Kier molecular flexibility index (Phi) is 5.43. The lowest BCUT2D eigenvalue weighted by atomic mass is 10.5.